The minimum absolute atomic E-state index is 0.00593. The minimum Gasteiger partial charge on any atom is -0.350 e. The van der Waals surface area contributed by atoms with Crippen molar-refractivity contribution in [1.29, 1.82) is 0 Å². The lowest BCUT2D eigenvalue weighted by Crippen LogP contribution is -2.50. The zero-order chi connectivity index (χ0) is 9.30. The Labute approximate surface area is 72.5 Å². The SMILES string of the molecule is CC(C)C1CC(F)C(C)NC1=O. The molecule has 1 aliphatic heterocycles. The molecule has 2 nitrogen and oxygen atoms in total. The van der Waals surface area contributed by atoms with Gasteiger partial charge in [0.15, 0.2) is 0 Å². The second-order valence-corrected chi connectivity index (χ2v) is 3.90. The highest BCUT2D eigenvalue weighted by Gasteiger charge is 2.34. The van der Waals surface area contributed by atoms with Crippen LogP contribution in [-0.2, 0) is 4.79 Å². The summed E-state index contributed by atoms with van der Waals surface area (Å²) in [6, 6.07) is -0.313. The second-order valence-electron chi connectivity index (χ2n) is 3.90. The topological polar surface area (TPSA) is 29.1 Å². The monoisotopic (exact) mass is 173 g/mol. The fraction of sp³-hybridized carbons (Fsp3) is 0.889. The molecule has 12 heavy (non-hydrogen) atoms. The van der Waals surface area contributed by atoms with E-state index in [4.69, 9.17) is 0 Å². The molecule has 3 unspecified atom stereocenters. The van der Waals surface area contributed by atoms with Gasteiger partial charge in [0.25, 0.3) is 0 Å². The quantitative estimate of drug-likeness (QED) is 0.639. The van der Waals surface area contributed by atoms with Crippen molar-refractivity contribution < 1.29 is 9.18 Å². The van der Waals surface area contributed by atoms with Crippen LogP contribution in [0.5, 0.6) is 0 Å². The number of carbonyl (C=O) groups excluding carboxylic acids is 1. The molecule has 0 aliphatic carbocycles. The highest BCUT2D eigenvalue weighted by Crippen LogP contribution is 2.24. The van der Waals surface area contributed by atoms with Crippen molar-refractivity contribution in [2.45, 2.75) is 39.4 Å². The molecule has 1 aliphatic rings. The molecule has 0 spiro atoms. The lowest BCUT2D eigenvalue weighted by Gasteiger charge is -2.31. The molecule has 1 fully saturated rings. The third-order valence-electron chi connectivity index (χ3n) is 2.53. The van der Waals surface area contributed by atoms with Gasteiger partial charge in [-0.15, -0.1) is 0 Å². The standard InChI is InChI=1S/C9H16FNO/c1-5(2)7-4-8(10)6(3)11-9(7)12/h5-8H,4H2,1-3H3,(H,11,12). The first kappa shape index (κ1) is 9.49. The number of carbonyl (C=O) groups is 1. The Morgan fingerprint density at radius 1 is 1.58 bits per heavy atom. The first-order chi connectivity index (χ1) is 5.52. The Balaban J connectivity index is 2.62. The third-order valence-corrected chi connectivity index (χ3v) is 2.53. The summed E-state index contributed by atoms with van der Waals surface area (Å²) < 4.78 is 13.1. The van der Waals surface area contributed by atoms with Crippen LogP contribution in [0.3, 0.4) is 0 Å². The van der Waals surface area contributed by atoms with Gasteiger partial charge >= 0.3 is 0 Å². The zero-order valence-corrected chi connectivity index (χ0v) is 7.80. The Morgan fingerprint density at radius 2 is 2.17 bits per heavy atom. The van der Waals surface area contributed by atoms with Crippen LogP contribution in [0.1, 0.15) is 27.2 Å². The van der Waals surface area contributed by atoms with Crippen LogP contribution >= 0.6 is 0 Å². The minimum atomic E-state index is -0.880. The van der Waals surface area contributed by atoms with Crippen molar-refractivity contribution in [2.75, 3.05) is 0 Å². The van der Waals surface area contributed by atoms with Gasteiger partial charge in [-0.2, -0.15) is 0 Å². The van der Waals surface area contributed by atoms with Crippen LogP contribution in [0.25, 0.3) is 0 Å². The summed E-state index contributed by atoms with van der Waals surface area (Å²) in [5.41, 5.74) is 0. The average molecular weight is 173 g/mol. The van der Waals surface area contributed by atoms with Crippen molar-refractivity contribution >= 4 is 5.91 Å². The summed E-state index contributed by atoms with van der Waals surface area (Å²) in [6.45, 7) is 5.61. The summed E-state index contributed by atoms with van der Waals surface area (Å²) in [5, 5.41) is 2.65. The van der Waals surface area contributed by atoms with E-state index < -0.39 is 6.17 Å². The van der Waals surface area contributed by atoms with Gasteiger partial charge in [0, 0.05) is 5.92 Å². The first-order valence-electron chi connectivity index (χ1n) is 4.46. The molecule has 1 amide bonds. The van der Waals surface area contributed by atoms with E-state index in [1.54, 1.807) is 6.92 Å². The predicted octanol–water partition coefficient (Wildman–Crippen LogP) is 1.51. The molecule has 0 aromatic rings. The highest BCUT2D eigenvalue weighted by atomic mass is 19.1. The van der Waals surface area contributed by atoms with Crippen LogP contribution in [0.2, 0.25) is 0 Å². The maximum Gasteiger partial charge on any atom is 0.223 e. The van der Waals surface area contributed by atoms with E-state index in [2.05, 4.69) is 5.32 Å². The summed E-state index contributed by atoms with van der Waals surface area (Å²) in [6.07, 6.45) is -0.500. The van der Waals surface area contributed by atoms with E-state index in [1.807, 2.05) is 13.8 Å². The summed E-state index contributed by atoms with van der Waals surface area (Å²) in [4.78, 5) is 11.3. The molecule has 0 radical (unpaired) electrons. The van der Waals surface area contributed by atoms with E-state index >= 15 is 0 Å². The van der Waals surface area contributed by atoms with Crippen LogP contribution in [0.15, 0.2) is 0 Å². The lowest BCUT2D eigenvalue weighted by atomic mass is 9.85. The summed E-state index contributed by atoms with van der Waals surface area (Å²) >= 11 is 0. The van der Waals surface area contributed by atoms with Crippen LogP contribution in [0, 0.1) is 11.8 Å². The molecule has 1 heterocycles. The van der Waals surface area contributed by atoms with Gasteiger partial charge in [-0.3, -0.25) is 4.79 Å². The van der Waals surface area contributed by atoms with Gasteiger partial charge < -0.3 is 5.32 Å². The number of rotatable bonds is 1. The number of piperidine rings is 1. The highest BCUT2D eigenvalue weighted by molar-refractivity contribution is 5.80. The van der Waals surface area contributed by atoms with Crippen molar-refractivity contribution in [2.24, 2.45) is 11.8 Å². The van der Waals surface area contributed by atoms with Crippen LogP contribution in [0.4, 0.5) is 4.39 Å². The van der Waals surface area contributed by atoms with Crippen molar-refractivity contribution in [1.82, 2.24) is 5.32 Å². The molecule has 1 rings (SSSR count). The molecule has 0 saturated carbocycles. The molecule has 0 aromatic heterocycles. The number of amides is 1. The van der Waals surface area contributed by atoms with E-state index in [0.717, 1.165) is 0 Å². The van der Waals surface area contributed by atoms with E-state index in [-0.39, 0.29) is 23.8 Å². The van der Waals surface area contributed by atoms with Gasteiger partial charge in [-0.05, 0) is 19.3 Å². The normalized spacial score (nSPS) is 36.8. The Hall–Kier alpha value is -0.600. The van der Waals surface area contributed by atoms with E-state index in [1.165, 1.54) is 0 Å². The van der Waals surface area contributed by atoms with Crippen LogP contribution < -0.4 is 5.32 Å². The molecule has 0 bridgehead atoms. The van der Waals surface area contributed by atoms with Gasteiger partial charge in [0.05, 0.1) is 6.04 Å². The third kappa shape index (κ3) is 1.76. The number of hydrogen-bond donors (Lipinski definition) is 1. The largest absolute Gasteiger partial charge is 0.350 e. The smallest absolute Gasteiger partial charge is 0.223 e. The molecule has 70 valence electrons. The number of hydrogen-bond acceptors (Lipinski definition) is 1. The van der Waals surface area contributed by atoms with E-state index in [9.17, 15) is 9.18 Å². The van der Waals surface area contributed by atoms with Crippen LogP contribution in [-0.4, -0.2) is 18.1 Å². The fourth-order valence-electron chi connectivity index (χ4n) is 1.55. The Morgan fingerprint density at radius 3 is 2.67 bits per heavy atom. The Bertz CT molecular complexity index is 181. The zero-order valence-electron chi connectivity index (χ0n) is 7.80. The van der Waals surface area contributed by atoms with Gasteiger partial charge in [0.1, 0.15) is 6.17 Å². The molecular weight excluding hydrogens is 157 g/mol. The Kier molecular flexibility index (Phi) is 2.70. The fourth-order valence-corrected chi connectivity index (χ4v) is 1.55. The van der Waals surface area contributed by atoms with Gasteiger partial charge in [0.2, 0.25) is 5.91 Å². The second kappa shape index (κ2) is 3.42. The summed E-state index contributed by atoms with van der Waals surface area (Å²) in [7, 11) is 0. The van der Waals surface area contributed by atoms with Crippen molar-refractivity contribution in [3.63, 3.8) is 0 Å². The van der Waals surface area contributed by atoms with Crippen molar-refractivity contribution in [3.05, 3.63) is 0 Å². The molecular formula is C9H16FNO. The maximum atomic E-state index is 13.1. The molecule has 3 heteroatoms. The first-order valence-corrected chi connectivity index (χ1v) is 4.46. The molecule has 3 atom stereocenters. The lowest BCUT2D eigenvalue weighted by molar-refractivity contribution is -0.131. The van der Waals surface area contributed by atoms with Gasteiger partial charge in [-0.1, -0.05) is 13.8 Å². The van der Waals surface area contributed by atoms with Gasteiger partial charge in [-0.25, -0.2) is 4.39 Å². The summed E-state index contributed by atoms with van der Waals surface area (Å²) in [5.74, 6) is 0.0957. The maximum absolute atomic E-state index is 13.1. The predicted molar refractivity (Wildman–Crippen MR) is 45.4 cm³/mol. The van der Waals surface area contributed by atoms with Crippen molar-refractivity contribution in [3.8, 4) is 0 Å². The molecule has 1 N–H and O–H groups in total. The molecule has 1 saturated heterocycles. The average Bonchev–Trinajstić information content (AvgIpc) is 1.96. The number of alkyl halides is 1. The number of halogens is 1. The number of nitrogens with one attached hydrogen (secondary N) is 1. The molecule has 0 aromatic carbocycles. The van der Waals surface area contributed by atoms with E-state index in [0.29, 0.717) is 6.42 Å².